The lowest BCUT2D eigenvalue weighted by atomic mass is 10.1. The van der Waals surface area contributed by atoms with Gasteiger partial charge in [-0.1, -0.05) is 0 Å². The molecule has 1 atom stereocenters. The van der Waals surface area contributed by atoms with Crippen LogP contribution in [0.2, 0.25) is 0 Å². The van der Waals surface area contributed by atoms with Crippen molar-refractivity contribution in [2.24, 2.45) is 0 Å². The molecule has 0 radical (unpaired) electrons. The van der Waals surface area contributed by atoms with Crippen LogP contribution in [0.3, 0.4) is 0 Å². The molecule has 1 saturated heterocycles. The predicted molar refractivity (Wildman–Crippen MR) is 93.9 cm³/mol. The van der Waals surface area contributed by atoms with Gasteiger partial charge in [-0.25, -0.2) is 15.0 Å². The summed E-state index contributed by atoms with van der Waals surface area (Å²) < 4.78 is 5.94. The lowest BCUT2D eigenvalue weighted by Gasteiger charge is -2.33. The minimum atomic E-state index is 0.274. The van der Waals surface area contributed by atoms with E-state index in [0.29, 0.717) is 0 Å². The molecular weight excluding hydrogens is 302 g/mol. The summed E-state index contributed by atoms with van der Waals surface area (Å²) >= 11 is 0. The van der Waals surface area contributed by atoms with Gasteiger partial charge in [-0.15, -0.1) is 0 Å². The number of pyridine rings is 1. The standard InChI is InChI=1S/C18H25N5O/c1-14-21-10-16(11-22-14)12-23-7-8-24-17(13-23)4-3-15-5-6-20-18(9-15)19-2/h5-6,9-11,17H,3-4,7-8,12-13H2,1-2H3,(H,19,20). The number of hydrogen-bond donors (Lipinski definition) is 1. The van der Waals surface area contributed by atoms with Gasteiger partial charge in [0.2, 0.25) is 0 Å². The SMILES string of the molecule is CNc1cc(CCC2CN(Cc3cnc(C)nc3)CCO2)ccn1. The van der Waals surface area contributed by atoms with Crippen LogP contribution in [0.15, 0.2) is 30.7 Å². The van der Waals surface area contributed by atoms with Crippen molar-refractivity contribution in [1.29, 1.82) is 0 Å². The molecule has 1 aliphatic heterocycles. The van der Waals surface area contributed by atoms with Crippen LogP contribution in [-0.2, 0) is 17.7 Å². The zero-order chi connectivity index (χ0) is 16.8. The van der Waals surface area contributed by atoms with Crippen LogP contribution < -0.4 is 5.32 Å². The van der Waals surface area contributed by atoms with Crippen molar-refractivity contribution in [3.63, 3.8) is 0 Å². The molecule has 1 fully saturated rings. The Morgan fingerprint density at radius 2 is 2.08 bits per heavy atom. The zero-order valence-corrected chi connectivity index (χ0v) is 14.4. The molecule has 2 aromatic heterocycles. The molecule has 6 heteroatoms. The second-order valence-corrected chi connectivity index (χ2v) is 6.20. The third-order valence-electron chi connectivity index (χ3n) is 4.30. The van der Waals surface area contributed by atoms with Crippen molar-refractivity contribution < 1.29 is 4.74 Å². The number of ether oxygens (including phenoxy) is 1. The lowest BCUT2D eigenvalue weighted by molar-refractivity contribution is -0.0346. The Hall–Kier alpha value is -2.05. The quantitative estimate of drug-likeness (QED) is 0.876. The molecule has 3 rings (SSSR count). The van der Waals surface area contributed by atoms with E-state index in [-0.39, 0.29) is 6.10 Å². The molecule has 0 spiro atoms. The Labute approximate surface area is 143 Å². The predicted octanol–water partition coefficient (Wildman–Crippen LogP) is 2.06. The highest BCUT2D eigenvalue weighted by Gasteiger charge is 2.20. The third kappa shape index (κ3) is 4.72. The molecule has 0 aliphatic carbocycles. The number of hydrogen-bond acceptors (Lipinski definition) is 6. The maximum atomic E-state index is 5.94. The summed E-state index contributed by atoms with van der Waals surface area (Å²) in [6, 6.07) is 4.18. The van der Waals surface area contributed by atoms with E-state index in [1.54, 1.807) is 0 Å². The fourth-order valence-electron chi connectivity index (χ4n) is 2.95. The van der Waals surface area contributed by atoms with Gasteiger partial charge >= 0.3 is 0 Å². The van der Waals surface area contributed by atoms with Crippen molar-refractivity contribution in [3.8, 4) is 0 Å². The first-order valence-corrected chi connectivity index (χ1v) is 8.47. The number of rotatable bonds is 6. The Morgan fingerprint density at radius 1 is 1.25 bits per heavy atom. The Bertz CT molecular complexity index is 646. The van der Waals surface area contributed by atoms with Gasteiger partial charge in [-0.05, 0) is 37.5 Å². The molecule has 128 valence electrons. The second-order valence-electron chi connectivity index (χ2n) is 6.20. The molecule has 3 heterocycles. The van der Waals surface area contributed by atoms with E-state index >= 15 is 0 Å². The van der Waals surface area contributed by atoms with Gasteiger partial charge in [0.15, 0.2) is 0 Å². The summed E-state index contributed by atoms with van der Waals surface area (Å²) in [6.45, 7) is 5.50. The highest BCUT2D eigenvalue weighted by molar-refractivity contribution is 5.36. The smallest absolute Gasteiger partial charge is 0.125 e. The van der Waals surface area contributed by atoms with E-state index in [2.05, 4.69) is 37.3 Å². The minimum absolute atomic E-state index is 0.274. The molecule has 0 aromatic carbocycles. The van der Waals surface area contributed by atoms with Gasteiger partial charge in [-0.2, -0.15) is 0 Å². The number of morpholine rings is 1. The van der Waals surface area contributed by atoms with Crippen molar-refractivity contribution in [3.05, 3.63) is 47.7 Å². The zero-order valence-electron chi connectivity index (χ0n) is 14.4. The Morgan fingerprint density at radius 3 is 2.88 bits per heavy atom. The Balaban J connectivity index is 1.50. The first-order chi connectivity index (χ1) is 11.7. The van der Waals surface area contributed by atoms with E-state index in [0.717, 1.165) is 56.3 Å². The number of aryl methyl sites for hydroxylation is 2. The van der Waals surface area contributed by atoms with Gasteiger partial charge in [0.25, 0.3) is 0 Å². The van der Waals surface area contributed by atoms with Crippen LogP contribution in [0, 0.1) is 6.92 Å². The maximum absolute atomic E-state index is 5.94. The third-order valence-corrected chi connectivity index (χ3v) is 4.30. The summed E-state index contributed by atoms with van der Waals surface area (Å²) in [5.41, 5.74) is 2.45. The van der Waals surface area contributed by atoms with E-state index in [1.165, 1.54) is 5.56 Å². The molecular formula is C18H25N5O. The van der Waals surface area contributed by atoms with Gasteiger partial charge in [0.1, 0.15) is 11.6 Å². The monoisotopic (exact) mass is 327 g/mol. The fraction of sp³-hybridized carbons (Fsp3) is 0.500. The summed E-state index contributed by atoms with van der Waals surface area (Å²) in [5, 5.41) is 3.08. The molecule has 0 amide bonds. The van der Waals surface area contributed by atoms with E-state index in [1.807, 2.05) is 32.6 Å². The molecule has 2 aromatic rings. The summed E-state index contributed by atoms with van der Waals surface area (Å²) in [4.78, 5) is 15.2. The van der Waals surface area contributed by atoms with Crippen LogP contribution in [0.1, 0.15) is 23.4 Å². The van der Waals surface area contributed by atoms with Crippen LogP contribution >= 0.6 is 0 Å². The molecule has 1 unspecified atom stereocenters. The van der Waals surface area contributed by atoms with Crippen LogP contribution in [0.5, 0.6) is 0 Å². The van der Waals surface area contributed by atoms with E-state index < -0.39 is 0 Å². The van der Waals surface area contributed by atoms with Crippen molar-refractivity contribution in [2.75, 3.05) is 32.1 Å². The first-order valence-electron chi connectivity index (χ1n) is 8.47. The Kier molecular flexibility index (Phi) is 5.72. The average Bonchev–Trinajstić information content (AvgIpc) is 2.62. The maximum Gasteiger partial charge on any atom is 0.125 e. The first kappa shape index (κ1) is 16.8. The molecule has 1 aliphatic rings. The van der Waals surface area contributed by atoms with Gasteiger partial charge in [0, 0.05) is 50.8 Å². The van der Waals surface area contributed by atoms with Crippen LogP contribution in [0.4, 0.5) is 5.82 Å². The number of anilines is 1. The fourth-order valence-corrected chi connectivity index (χ4v) is 2.95. The van der Waals surface area contributed by atoms with E-state index in [4.69, 9.17) is 4.74 Å². The number of nitrogens with zero attached hydrogens (tertiary/aromatic N) is 4. The van der Waals surface area contributed by atoms with E-state index in [9.17, 15) is 0 Å². The summed E-state index contributed by atoms with van der Waals surface area (Å²) in [6.07, 6.45) is 7.99. The van der Waals surface area contributed by atoms with Crippen molar-refractivity contribution >= 4 is 5.82 Å². The van der Waals surface area contributed by atoms with Gasteiger partial charge < -0.3 is 10.1 Å². The van der Waals surface area contributed by atoms with Crippen LogP contribution in [-0.4, -0.2) is 52.7 Å². The summed E-state index contributed by atoms with van der Waals surface area (Å²) in [7, 11) is 1.89. The normalized spacial score (nSPS) is 18.5. The highest BCUT2D eigenvalue weighted by Crippen LogP contribution is 2.15. The second kappa shape index (κ2) is 8.17. The van der Waals surface area contributed by atoms with Crippen molar-refractivity contribution in [2.45, 2.75) is 32.4 Å². The van der Waals surface area contributed by atoms with Gasteiger partial charge in [0.05, 0.1) is 12.7 Å². The minimum Gasteiger partial charge on any atom is -0.376 e. The van der Waals surface area contributed by atoms with Gasteiger partial charge in [-0.3, -0.25) is 4.90 Å². The number of nitrogens with one attached hydrogen (secondary N) is 1. The topological polar surface area (TPSA) is 63.2 Å². The summed E-state index contributed by atoms with van der Waals surface area (Å²) in [5.74, 6) is 1.73. The molecule has 24 heavy (non-hydrogen) atoms. The highest BCUT2D eigenvalue weighted by atomic mass is 16.5. The number of aromatic nitrogens is 3. The van der Waals surface area contributed by atoms with Crippen molar-refractivity contribution in [1.82, 2.24) is 19.9 Å². The largest absolute Gasteiger partial charge is 0.376 e. The molecule has 0 bridgehead atoms. The molecule has 1 N–H and O–H groups in total. The lowest BCUT2D eigenvalue weighted by Crippen LogP contribution is -2.42. The average molecular weight is 327 g/mol. The molecule has 6 nitrogen and oxygen atoms in total. The van der Waals surface area contributed by atoms with Crippen LogP contribution in [0.25, 0.3) is 0 Å². The molecule has 0 saturated carbocycles.